The van der Waals surface area contributed by atoms with Crippen LogP contribution in [0.1, 0.15) is 24.1 Å². The minimum absolute atomic E-state index is 0.0327. The molecular formula is C24H22N4O3S. The molecule has 0 radical (unpaired) electrons. The molecule has 7 nitrogen and oxygen atoms in total. The summed E-state index contributed by atoms with van der Waals surface area (Å²) in [4.78, 5) is 17.3. The number of amides is 1. The number of anilines is 1. The van der Waals surface area contributed by atoms with E-state index in [-0.39, 0.29) is 12.7 Å². The Bertz CT molecular complexity index is 1250. The summed E-state index contributed by atoms with van der Waals surface area (Å²) in [5.41, 5.74) is 3.80. The smallest absolute Gasteiger partial charge is 0.231 e. The average molecular weight is 447 g/mol. The van der Waals surface area contributed by atoms with Gasteiger partial charge in [-0.15, -0.1) is 11.3 Å². The SMILES string of the molecule is Cc1cc(NC(=O)CCCc2ccccc2)n(-c2nc(-c3ccc4c(c3)OCO4)cs2)n1. The summed E-state index contributed by atoms with van der Waals surface area (Å²) in [6.07, 6.45) is 2.10. The maximum atomic E-state index is 12.5. The van der Waals surface area contributed by atoms with Crippen molar-refractivity contribution < 1.29 is 14.3 Å². The van der Waals surface area contributed by atoms with Gasteiger partial charge < -0.3 is 14.8 Å². The number of fused-ring (bicyclic) bond motifs is 1. The van der Waals surface area contributed by atoms with Gasteiger partial charge in [-0.2, -0.15) is 9.78 Å². The van der Waals surface area contributed by atoms with Crippen LogP contribution in [0.15, 0.2) is 60.0 Å². The molecule has 5 rings (SSSR count). The van der Waals surface area contributed by atoms with Gasteiger partial charge in [0.1, 0.15) is 5.82 Å². The summed E-state index contributed by atoms with van der Waals surface area (Å²) in [6, 6.07) is 17.8. The van der Waals surface area contributed by atoms with Crippen LogP contribution in [0.25, 0.3) is 16.4 Å². The molecule has 162 valence electrons. The number of hydrogen-bond donors (Lipinski definition) is 1. The molecule has 0 saturated carbocycles. The monoisotopic (exact) mass is 446 g/mol. The van der Waals surface area contributed by atoms with Gasteiger partial charge in [-0.25, -0.2) is 4.98 Å². The summed E-state index contributed by atoms with van der Waals surface area (Å²) in [7, 11) is 0. The molecule has 0 fully saturated rings. The highest BCUT2D eigenvalue weighted by Gasteiger charge is 2.17. The van der Waals surface area contributed by atoms with Gasteiger partial charge in [0.25, 0.3) is 0 Å². The van der Waals surface area contributed by atoms with Gasteiger partial charge in [0, 0.05) is 23.4 Å². The van der Waals surface area contributed by atoms with Crippen LogP contribution < -0.4 is 14.8 Å². The highest BCUT2D eigenvalue weighted by atomic mass is 32.1. The molecule has 1 N–H and O–H groups in total. The Labute approximate surface area is 189 Å². The Morgan fingerprint density at radius 3 is 2.84 bits per heavy atom. The first-order valence-electron chi connectivity index (χ1n) is 10.4. The lowest BCUT2D eigenvalue weighted by atomic mass is 10.1. The van der Waals surface area contributed by atoms with Crippen molar-refractivity contribution in [2.45, 2.75) is 26.2 Å². The van der Waals surface area contributed by atoms with E-state index >= 15 is 0 Å². The third-order valence-corrected chi connectivity index (χ3v) is 5.97. The Kier molecular flexibility index (Phi) is 5.60. The quantitative estimate of drug-likeness (QED) is 0.433. The minimum atomic E-state index is -0.0327. The van der Waals surface area contributed by atoms with Gasteiger partial charge in [0.2, 0.25) is 17.8 Å². The van der Waals surface area contributed by atoms with E-state index in [2.05, 4.69) is 22.5 Å². The first-order chi connectivity index (χ1) is 15.7. The van der Waals surface area contributed by atoms with Gasteiger partial charge in [-0.3, -0.25) is 4.79 Å². The van der Waals surface area contributed by atoms with Crippen molar-refractivity contribution in [1.29, 1.82) is 0 Å². The zero-order valence-corrected chi connectivity index (χ0v) is 18.4. The second-order valence-electron chi connectivity index (χ2n) is 7.55. The predicted octanol–water partition coefficient (Wildman–Crippen LogP) is 4.99. The third-order valence-electron chi connectivity index (χ3n) is 5.15. The summed E-state index contributed by atoms with van der Waals surface area (Å²) in [5, 5.41) is 10.2. The van der Waals surface area contributed by atoms with Gasteiger partial charge >= 0.3 is 0 Å². The number of rotatable bonds is 7. The van der Waals surface area contributed by atoms with Crippen molar-refractivity contribution in [1.82, 2.24) is 14.8 Å². The summed E-state index contributed by atoms with van der Waals surface area (Å²) in [5.74, 6) is 2.05. The average Bonchev–Trinajstić information content (AvgIpc) is 3.53. The number of carbonyl (C=O) groups excluding carboxylic acids is 1. The number of ether oxygens (including phenoxy) is 2. The van der Waals surface area contributed by atoms with Crippen molar-refractivity contribution in [2.75, 3.05) is 12.1 Å². The van der Waals surface area contributed by atoms with Crippen LogP contribution >= 0.6 is 11.3 Å². The van der Waals surface area contributed by atoms with Crippen molar-refractivity contribution in [3.05, 3.63) is 71.2 Å². The molecule has 0 bridgehead atoms. The lowest BCUT2D eigenvalue weighted by molar-refractivity contribution is -0.116. The molecular weight excluding hydrogens is 424 g/mol. The second kappa shape index (κ2) is 8.84. The summed E-state index contributed by atoms with van der Waals surface area (Å²) < 4.78 is 12.5. The molecule has 1 aliphatic heterocycles. The van der Waals surface area contributed by atoms with E-state index in [1.165, 1.54) is 16.9 Å². The zero-order valence-electron chi connectivity index (χ0n) is 17.6. The fourth-order valence-electron chi connectivity index (χ4n) is 3.59. The Balaban J connectivity index is 1.28. The third kappa shape index (κ3) is 4.36. The molecule has 2 aromatic heterocycles. The number of benzene rings is 2. The van der Waals surface area contributed by atoms with E-state index in [1.54, 1.807) is 4.68 Å². The van der Waals surface area contributed by atoms with Gasteiger partial charge in [0.05, 0.1) is 11.4 Å². The molecule has 0 saturated heterocycles. The molecule has 32 heavy (non-hydrogen) atoms. The van der Waals surface area contributed by atoms with Crippen LogP contribution in [0.2, 0.25) is 0 Å². The predicted molar refractivity (Wildman–Crippen MR) is 124 cm³/mol. The highest BCUT2D eigenvalue weighted by Crippen LogP contribution is 2.36. The fraction of sp³-hybridized carbons (Fsp3) is 0.208. The lowest BCUT2D eigenvalue weighted by Crippen LogP contribution is -2.14. The molecule has 2 aromatic carbocycles. The number of hydrogen-bond acceptors (Lipinski definition) is 6. The van der Waals surface area contributed by atoms with E-state index in [0.717, 1.165) is 41.3 Å². The first kappa shape index (κ1) is 20.3. The number of aromatic nitrogens is 3. The van der Waals surface area contributed by atoms with Crippen LogP contribution in [-0.2, 0) is 11.2 Å². The summed E-state index contributed by atoms with van der Waals surface area (Å²) >= 11 is 1.47. The van der Waals surface area contributed by atoms with Crippen LogP contribution in [0.5, 0.6) is 11.5 Å². The van der Waals surface area contributed by atoms with E-state index in [9.17, 15) is 4.79 Å². The Hall–Kier alpha value is -3.65. The van der Waals surface area contributed by atoms with Gasteiger partial charge in [-0.1, -0.05) is 30.3 Å². The fourth-order valence-corrected chi connectivity index (χ4v) is 4.38. The van der Waals surface area contributed by atoms with E-state index < -0.39 is 0 Å². The molecule has 1 amide bonds. The highest BCUT2D eigenvalue weighted by molar-refractivity contribution is 7.12. The molecule has 3 heterocycles. The summed E-state index contributed by atoms with van der Waals surface area (Å²) in [6.45, 7) is 2.13. The normalized spacial score (nSPS) is 12.2. The van der Waals surface area contributed by atoms with Crippen LogP contribution in [0.3, 0.4) is 0 Å². The standard InChI is InChI=1S/C24H22N4O3S/c1-16-12-22(26-23(29)9-5-8-17-6-3-2-4-7-17)28(27-16)24-25-19(14-32-24)18-10-11-20-21(13-18)31-15-30-20/h2-4,6-7,10-14H,5,8-9,15H2,1H3,(H,26,29). The molecule has 8 heteroatoms. The number of nitrogens with zero attached hydrogens (tertiary/aromatic N) is 3. The number of carbonyl (C=O) groups is 1. The van der Waals surface area contributed by atoms with Crippen molar-refractivity contribution in [3.8, 4) is 27.9 Å². The topological polar surface area (TPSA) is 78.3 Å². The van der Waals surface area contributed by atoms with E-state index in [4.69, 9.17) is 14.5 Å². The minimum Gasteiger partial charge on any atom is -0.454 e. The van der Waals surface area contributed by atoms with Crippen molar-refractivity contribution in [2.24, 2.45) is 0 Å². The lowest BCUT2D eigenvalue weighted by Gasteiger charge is -2.07. The van der Waals surface area contributed by atoms with Gasteiger partial charge in [0.15, 0.2) is 11.5 Å². The number of aryl methyl sites for hydroxylation is 2. The molecule has 4 aromatic rings. The maximum absolute atomic E-state index is 12.5. The molecule has 1 aliphatic rings. The first-order valence-corrected chi connectivity index (χ1v) is 11.3. The van der Waals surface area contributed by atoms with E-state index in [1.807, 2.05) is 54.8 Å². The van der Waals surface area contributed by atoms with Crippen molar-refractivity contribution >= 4 is 23.1 Å². The largest absolute Gasteiger partial charge is 0.454 e. The Morgan fingerprint density at radius 1 is 1.12 bits per heavy atom. The van der Waals surface area contributed by atoms with Crippen LogP contribution in [0, 0.1) is 6.92 Å². The maximum Gasteiger partial charge on any atom is 0.231 e. The number of thiazole rings is 1. The molecule has 0 atom stereocenters. The van der Waals surface area contributed by atoms with Crippen LogP contribution in [0.4, 0.5) is 5.82 Å². The van der Waals surface area contributed by atoms with E-state index in [0.29, 0.717) is 17.4 Å². The number of nitrogens with one attached hydrogen (secondary N) is 1. The Morgan fingerprint density at radius 2 is 1.97 bits per heavy atom. The van der Waals surface area contributed by atoms with Crippen molar-refractivity contribution in [3.63, 3.8) is 0 Å². The molecule has 0 aliphatic carbocycles. The molecule has 0 unspecified atom stereocenters. The molecule has 0 spiro atoms. The van der Waals surface area contributed by atoms with Crippen LogP contribution in [-0.4, -0.2) is 27.5 Å². The second-order valence-corrected chi connectivity index (χ2v) is 8.39. The van der Waals surface area contributed by atoms with Gasteiger partial charge in [-0.05, 0) is 43.5 Å². The zero-order chi connectivity index (χ0) is 21.9.